The second-order valence-corrected chi connectivity index (χ2v) is 6.16. The number of amides is 2. The molecule has 0 aromatic rings. The molecule has 1 heterocycles. The lowest BCUT2D eigenvalue weighted by atomic mass is 10.1. The normalized spacial score (nSPS) is 25.4. The van der Waals surface area contributed by atoms with E-state index in [0.29, 0.717) is 0 Å². The van der Waals surface area contributed by atoms with Crippen molar-refractivity contribution >= 4 is 11.8 Å². The van der Waals surface area contributed by atoms with Gasteiger partial charge in [-0.25, -0.2) is 0 Å². The highest BCUT2D eigenvalue weighted by atomic mass is 16.2. The van der Waals surface area contributed by atoms with E-state index in [-0.39, 0.29) is 23.7 Å². The van der Waals surface area contributed by atoms with Gasteiger partial charge in [-0.3, -0.25) is 9.59 Å². The molecule has 20 heavy (non-hydrogen) atoms. The lowest BCUT2D eigenvalue weighted by Crippen LogP contribution is -2.39. The van der Waals surface area contributed by atoms with Crippen LogP contribution in [0.3, 0.4) is 0 Å². The van der Waals surface area contributed by atoms with E-state index in [0.717, 1.165) is 58.3 Å². The number of hydrogen-bond acceptors (Lipinski definition) is 2. The number of carbonyl (C=O) groups excluding carboxylic acids is 2. The highest BCUT2D eigenvalue weighted by molar-refractivity contribution is 5.92. The minimum absolute atomic E-state index is 0.0168. The highest BCUT2D eigenvalue weighted by Crippen LogP contribution is 2.41. The lowest BCUT2D eigenvalue weighted by molar-refractivity contribution is -0.138. The molecular formula is C16H28N2O2. The van der Waals surface area contributed by atoms with Gasteiger partial charge in [0, 0.05) is 26.2 Å². The van der Waals surface area contributed by atoms with E-state index in [1.807, 2.05) is 9.80 Å². The van der Waals surface area contributed by atoms with E-state index in [1.165, 1.54) is 6.42 Å². The second-order valence-electron chi connectivity index (χ2n) is 6.16. The third-order valence-electron chi connectivity index (χ3n) is 4.39. The van der Waals surface area contributed by atoms with Crippen LogP contribution in [0.2, 0.25) is 0 Å². The van der Waals surface area contributed by atoms with Gasteiger partial charge >= 0.3 is 0 Å². The SMILES string of the molecule is CCCN(CCC)C(=O)C1CC1C(=O)N1CCCCC1. The predicted octanol–water partition coefficient (Wildman–Crippen LogP) is 2.28. The summed E-state index contributed by atoms with van der Waals surface area (Å²) in [6, 6.07) is 0. The Balaban J connectivity index is 1.85. The average molecular weight is 280 g/mol. The van der Waals surface area contributed by atoms with Crippen molar-refractivity contribution in [3.8, 4) is 0 Å². The summed E-state index contributed by atoms with van der Waals surface area (Å²) in [6.45, 7) is 7.63. The number of carbonyl (C=O) groups is 2. The molecule has 2 fully saturated rings. The first kappa shape index (κ1) is 15.3. The Morgan fingerprint density at radius 3 is 2.15 bits per heavy atom. The van der Waals surface area contributed by atoms with Crippen molar-refractivity contribution in [2.45, 2.75) is 52.4 Å². The van der Waals surface area contributed by atoms with Crippen LogP contribution >= 0.6 is 0 Å². The number of piperidine rings is 1. The van der Waals surface area contributed by atoms with Crippen molar-refractivity contribution in [1.29, 1.82) is 0 Å². The maximum atomic E-state index is 12.4. The van der Waals surface area contributed by atoms with E-state index in [1.54, 1.807) is 0 Å². The predicted molar refractivity (Wildman–Crippen MR) is 79.2 cm³/mol. The number of hydrogen-bond donors (Lipinski definition) is 0. The minimum atomic E-state index is -0.0254. The number of likely N-dealkylation sites (tertiary alicyclic amines) is 1. The van der Waals surface area contributed by atoms with Gasteiger partial charge in [0.1, 0.15) is 0 Å². The van der Waals surface area contributed by atoms with Gasteiger partial charge in [0.25, 0.3) is 0 Å². The summed E-state index contributed by atoms with van der Waals surface area (Å²) in [4.78, 5) is 28.7. The van der Waals surface area contributed by atoms with E-state index in [4.69, 9.17) is 0 Å². The zero-order chi connectivity index (χ0) is 14.5. The zero-order valence-corrected chi connectivity index (χ0v) is 12.9. The molecule has 1 aliphatic carbocycles. The van der Waals surface area contributed by atoms with Crippen molar-refractivity contribution in [2.75, 3.05) is 26.2 Å². The van der Waals surface area contributed by atoms with Crippen molar-refractivity contribution in [3.05, 3.63) is 0 Å². The zero-order valence-electron chi connectivity index (χ0n) is 12.9. The van der Waals surface area contributed by atoms with Crippen LogP contribution in [0.1, 0.15) is 52.4 Å². The molecule has 2 aliphatic rings. The van der Waals surface area contributed by atoms with Crippen molar-refractivity contribution in [1.82, 2.24) is 9.80 Å². The Hall–Kier alpha value is -1.06. The lowest BCUT2D eigenvalue weighted by Gasteiger charge is -2.27. The molecule has 0 aromatic carbocycles. The van der Waals surface area contributed by atoms with E-state index >= 15 is 0 Å². The average Bonchev–Trinajstić information content (AvgIpc) is 3.27. The first-order chi connectivity index (χ1) is 9.69. The summed E-state index contributed by atoms with van der Waals surface area (Å²) in [5.41, 5.74) is 0. The van der Waals surface area contributed by atoms with Gasteiger partial charge in [0.2, 0.25) is 11.8 Å². The van der Waals surface area contributed by atoms with E-state index in [9.17, 15) is 9.59 Å². The van der Waals surface area contributed by atoms with Gasteiger partial charge in [0.05, 0.1) is 11.8 Å². The molecule has 0 aromatic heterocycles. The van der Waals surface area contributed by atoms with Crippen LogP contribution in [-0.4, -0.2) is 47.8 Å². The molecule has 4 heteroatoms. The van der Waals surface area contributed by atoms with Crippen LogP contribution in [0, 0.1) is 11.8 Å². The summed E-state index contributed by atoms with van der Waals surface area (Å²) in [5.74, 6) is 0.402. The third-order valence-corrected chi connectivity index (χ3v) is 4.39. The van der Waals surface area contributed by atoms with Gasteiger partial charge in [-0.05, 0) is 38.5 Å². The Labute approximate surface area is 122 Å². The number of nitrogens with zero attached hydrogens (tertiary/aromatic N) is 2. The fraction of sp³-hybridized carbons (Fsp3) is 0.875. The van der Waals surface area contributed by atoms with Gasteiger partial charge in [-0.1, -0.05) is 13.8 Å². The molecule has 1 saturated carbocycles. The molecule has 2 unspecified atom stereocenters. The Kier molecular flexibility index (Phi) is 5.44. The molecule has 0 N–H and O–H groups in total. The molecule has 0 bridgehead atoms. The summed E-state index contributed by atoms with van der Waals surface area (Å²) < 4.78 is 0. The van der Waals surface area contributed by atoms with Crippen LogP contribution in [0.5, 0.6) is 0 Å². The van der Waals surface area contributed by atoms with Gasteiger partial charge < -0.3 is 9.80 Å². The fourth-order valence-corrected chi connectivity index (χ4v) is 3.20. The maximum absolute atomic E-state index is 12.4. The number of rotatable bonds is 6. The molecule has 0 spiro atoms. The molecule has 2 amide bonds. The standard InChI is InChI=1S/C16H28N2O2/c1-3-8-17(9-4-2)15(19)13-12-14(13)16(20)18-10-6-5-7-11-18/h13-14H,3-12H2,1-2H3. The highest BCUT2D eigenvalue weighted by Gasteiger charge is 2.50. The van der Waals surface area contributed by atoms with Crippen molar-refractivity contribution in [2.24, 2.45) is 11.8 Å². The third kappa shape index (κ3) is 3.53. The Bertz CT molecular complexity index is 344. The molecule has 2 rings (SSSR count). The van der Waals surface area contributed by atoms with Crippen LogP contribution in [-0.2, 0) is 9.59 Å². The molecule has 114 valence electrons. The Morgan fingerprint density at radius 1 is 1.00 bits per heavy atom. The van der Waals surface area contributed by atoms with Crippen LogP contribution in [0.25, 0.3) is 0 Å². The van der Waals surface area contributed by atoms with Crippen LogP contribution in [0.15, 0.2) is 0 Å². The molecule has 1 aliphatic heterocycles. The summed E-state index contributed by atoms with van der Waals surface area (Å²) >= 11 is 0. The first-order valence-electron chi connectivity index (χ1n) is 8.26. The van der Waals surface area contributed by atoms with Gasteiger partial charge in [-0.15, -0.1) is 0 Å². The monoisotopic (exact) mass is 280 g/mol. The topological polar surface area (TPSA) is 40.6 Å². The molecule has 4 nitrogen and oxygen atoms in total. The second kappa shape index (κ2) is 7.09. The Morgan fingerprint density at radius 2 is 1.60 bits per heavy atom. The summed E-state index contributed by atoms with van der Waals surface area (Å²) in [5, 5.41) is 0. The van der Waals surface area contributed by atoms with Crippen LogP contribution in [0.4, 0.5) is 0 Å². The van der Waals surface area contributed by atoms with Crippen LogP contribution < -0.4 is 0 Å². The van der Waals surface area contributed by atoms with E-state index in [2.05, 4.69) is 13.8 Å². The molecule has 0 radical (unpaired) electrons. The largest absolute Gasteiger partial charge is 0.342 e. The van der Waals surface area contributed by atoms with Gasteiger partial charge in [-0.2, -0.15) is 0 Å². The summed E-state index contributed by atoms with van der Waals surface area (Å²) in [7, 11) is 0. The van der Waals surface area contributed by atoms with Crippen molar-refractivity contribution < 1.29 is 9.59 Å². The smallest absolute Gasteiger partial charge is 0.226 e. The first-order valence-corrected chi connectivity index (χ1v) is 8.26. The maximum Gasteiger partial charge on any atom is 0.226 e. The van der Waals surface area contributed by atoms with Crippen molar-refractivity contribution in [3.63, 3.8) is 0 Å². The summed E-state index contributed by atoms with van der Waals surface area (Å²) in [6.07, 6.45) is 6.23. The minimum Gasteiger partial charge on any atom is -0.342 e. The van der Waals surface area contributed by atoms with Gasteiger partial charge in [0.15, 0.2) is 0 Å². The quantitative estimate of drug-likeness (QED) is 0.749. The molecular weight excluding hydrogens is 252 g/mol. The fourth-order valence-electron chi connectivity index (χ4n) is 3.20. The van der Waals surface area contributed by atoms with E-state index < -0.39 is 0 Å². The molecule has 2 atom stereocenters. The molecule has 1 saturated heterocycles.